The van der Waals surface area contributed by atoms with Crippen molar-refractivity contribution >= 4 is 27.3 Å². The Kier molecular flexibility index (Phi) is 7.76. The Hall–Kier alpha value is -4.12. The highest BCUT2D eigenvalue weighted by Crippen LogP contribution is 2.39. The summed E-state index contributed by atoms with van der Waals surface area (Å²) in [6.07, 6.45) is 1.44. The molecule has 1 aliphatic rings. The minimum absolute atomic E-state index is 0.0181. The molecule has 0 radical (unpaired) electrons. The number of rotatable bonds is 8. The standard InChI is InChI=1S/C32H29N3O5S2/c1-21-29(30(34-40-21)27-9-5-8-26(18-27)23-10-12-25(13-11-23)32(36)37)28-19-41-31(33-28)24-14-16-35(17-15-24)42(38,39)20-22-6-3-2-4-7-22/h2-13,18-19,24H,14-17,20H2,1H3,(H,36,37). The monoisotopic (exact) mass is 599 g/mol. The number of hydrogen-bond acceptors (Lipinski definition) is 7. The molecule has 1 saturated heterocycles. The lowest BCUT2D eigenvalue weighted by Crippen LogP contribution is -2.38. The van der Waals surface area contributed by atoms with Gasteiger partial charge in [0.2, 0.25) is 10.0 Å². The molecule has 3 heterocycles. The van der Waals surface area contributed by atoms with Gasteiger partial charge in [-0.2, -0.15) is 0 Å². The number of carbonyl (C=O) groups is 1. The molecule has 6 rings (SSSR count). The number of aromatic carboxylic acids is 1. The SMILES string of the molecule is Cc1onc(-c2cccc(-c3ccc(C(=O)O)cc3)c2)c1-c1csc(C2CCN(S(=O)(=O)Cc3ccccc3)CC2)n1. The normalized spacial score (nSPS) is 14.7. The molecule has 0 unspecified atom stereocenters. The van der Waals surface area contributed by atoms with Crippen molar-refractivity contribution < 1.29 is 22.8 Å². The lowest BCUT2D eigenvalue weighted by atomic mass is 9.98. The molecule has 1 N–H and O–H groups in total. The van der Waals surface area contributed by atoms with E-state index in [-0.39, 0.29) is 17.2 Å². The van der Waals surface area contributed by atoms with E-state index in [1.54, 1.807) is 39.9 Å². The minimum atomic E-state index is -3.37. The Balaban J connectivity index is 1.19. The maximum absolute atomic E-state index is 13.0. The zero-order chi connectivity index (χ0) is 29.3. The zero-order valence-corrected chi connectivity index (χ0v) is 24.6. The van der Waals surface area contributed by atoms with Crippen molar-refractivity contribution in [3.05, 3.63) is 106 Å². The smallest absolute Gasteiger partial charge is 0.335 e. The average molecular weight is 600 g/mol. The number of aromatic nitrogens is 2. The number of carboxylic acid groups (broad SMARTS) is 1. The topological polar surface area (TPSA) is 114 Å². The number of aryl methyl sites for hydroxylation is 1. The average Bonchev–Trinajstić information content (AvgIpc) is 3.64. The fourth-order valence-corrected chi connectivity index (χ4v) is 7.91. The second-order valence-electron chi connectivity index (χ2n) is 10.4. The number of carboxylic acids is 1. The van der Waals surface area contributed by atoms with Gasteiger partial charge in [-0.25, -0.2) is 22.5 Å². The second kappa shape index (κ2) is 11.6. The van der Waals surface area contributed by atoms with Gasteiger partial charge in [-0.05, 0) is 54.7 Å². The summed E-state index contributed by atoms with van der Waals surface area (Å²) in [5.74, 6) is -0.0866. The first kappa shape index (κ1) is 28.0. The molecule has 0 bridgehead atoms. The molecule has 0 aliphatic carbocycles. The van der Waals surface area contributed by atoms with E-state index < -0.39 is 16.0 Å². The van der Waals surface area contributed by atoms with E-state index in [4.69, 9.17) is 9.51 Å². The van der Waals surface area contributed by atoms with E-state index in [0.717, 1.165) is 51.4 Å². The van der Waals surface area contributed by atoms with Gasteiger partial charge in [-0.3, -0.25) is 0 Å². The van der Waals surface area contributed by atoms with Crippen LogP contribution in [0.5, 0.6) is 0 Å². The summed E-state index contributed by atoms with van der Waals surface area (Å²) in [4.78, 5) is 16.2. The van der Waals surface area contributed by atoms with Crippen molar-refractivity contribution in [2.45, 2.75) is 31.4 Å². The van der Waals surface area contributed by atoms with Crippen LogP contribution in [-0.2, 0) is 15.8 Å². The van der Waals surface area contributed by atoms with Crippen LogP contribution in [0.4, 0.5) is 0 Å². The number of piperidine rings is 1. The number of thiazole rings is 1. The molecule has 2 aromatic heterocycles. The third kappa shape index (κ3) is 5.78. The second-order valence-corrected chi connectivity index (χ2v) is 13.3. The molecule has 1 fully saturated rings. The highest BCUT2D eigenvalue weighted by atomic mass is 32.2. The fraction of sp³-hybridized carbons (Fsp3) is 0.219. The van der Waals surface area contributed by atoms with E-state index in [1.165, 1.54) is 0 Å². The lowest BCUT2D eigenvalue weighted by Gasteiger charge is -2.30. The maximum atomic E-state index is 13.0. The quantitative estimate of drug-likeness (QED) is 0.208. The first-order chi connectivity index (χ1) is 20.3. The molecule has 0 atom stereocenters. The Morgan fingerprint density at radius 1 is 0.976 bits per heavy atom. The van der Waals surface area contributed by atoms with Crippen LogP contribution in [0.25, 0.3) is 33.6 Å². The fourth-order valence-electron chi connectivity index (χ4n) is 5.37. The van der Waals surface area contributed by atoms with Gasteiger partial charge in [-0.1, -0.05) is 65.8 Å². The van der Waals surface area contributed by atoms with Crippen molar-refractivity contribution in [3.63, 3.8) is 0 Å². The van der Waals surface area contributed by atoms with Crippen LogP contribution in [0.3, 0.4) is 0 Å². The van der Waals surface area contributed by atoms with E-state index >= 15 is 0 Å². The van der Waals surface area contributed by atoms with Gasteiger partial charge in [0.15, 0.2) is 0 Å². The van der Waals surface area contributed by atoms with Crippen LogP contribution in [0.2, 0.25) is 0 Å². The molecule has 8 nitrogen and oxygen atoms in total. The van der Waals surface area contributed by atoms with Gasteiger partial charge in [0.1, 0.15) is 11.5 Å². The van der Waals surface area contributed by atoms with Gasteiger partial charge in [-0.15, -0.1) is 11.3 Å². The molecule has 3 aromatic carbocycles. The number of benzene rings is 3. The Morgan fingerprint density at radius 3 is 2.40 bits per heavy atom. The van der Waals surface area contributed by atoms with Crippen LogP contribution < -0.4 is 0 Å². The summed E-state index contributed by atoms with van der Waals surface area (Å²) in [5.41, 5.74) is 6.05. The largest absolute Gasteiger partial charge is 0.478 e. The summed E-state index contributed by atoms with van der Waals surface area (Å²) in [7, 11) is -3.37. The van der Waals surface area contributed by atoms with E-state index in [0.29, 0.717) is 24.5 Å². The third-order valence-corrected chi connectivity index (χ3v) is 10.5. The van der Waals surface area contributed by atoms with Crippen molar-refractivity contribution in [1.82, 2.24) is 14.4 Å². The number of hydrogen-bond donors (Lipinski definition) is 1. The predicted molar refractivity (Wildman–Crippen MR) is 163 cm³/mol. The molecule has 0 saturated carbocycles. The van der Waals surface area contributed by atoms with Crippen LogP contribution in [-0.4, -0.2) is 47.0 Å². The minimum Gasteiger partial charge on any atom is -0.478 e. The van der Waals surface area contributed by atoms with Crippen LogP contribution >= 0.6 is 11.3 Å². The zero-order valence-electron chi connectivity index (χ0n) is 22.9. The van der Waals surface area contributed by atoms with E-state index in [2.05, 4.69) is 5.16 Å². The highest BCUT2D eigenvalue weighted by Gasteiger charge is 2.30. The van der Waals surface area contributed by atoms with Gasteiger partial charge in [0.25, 0.3) is 0 Å². The summed E-state index contributed by atoms with van der Waals surface area (Å²) >= 11 is 1.59. The lowest BCUT2D eigenvalue weighted by molar-refractivity contribution is 0.0697. The predicted octanol–water partition coefficient (Wildman–Crippen LogP) is 6.85. The molecule has 1 aliphatic heterocycles. The summed E-state index contributed by atoms with van der Waals surface area (Å²) < 4.78 is 33.2. The number of nitrogens with zero attached hydrogens (tertiary/aromatic N) is 3. The highest BCUT2D eigenvalue weighted by molar-refractivity contribution is 7.88. The Labute approximate surface area is 248 Å². The molecule has 0 amide bonds. The molecule has 0 spiro atoms. The maximum Gasteiger partial charge on any atom is 0.335 e. The van der Waals surface area contributed by atoms with Gasteiger partial charge in [0, 0.05) is 30.0 Å². The Bertz CT molecular complexity index is 1820. The molecule has 5 aromatic rings. The summed E-state index contributed by atoms with van der Waals surface area (Å²) in [5, 5.41) is 16.6. The van der Waals surface area contributed by atoms with E-state index in [1.807, 2.05) is 66.9 Å². The molecule has 10 heteroatoms. The van der Waals surface area contributed by atoms with Gasteiger partial charge >= 0.3 is 5.97 Å². The van der Waals surface area contributed by atoms with Crippen LogP contribution in [0.1, 0.15) is 45.4 Å². The first-order valence-corrected chi connectivity index (χ1v) is 16.2. The van der Waals surface area contributed by atoms with Crippen molar-refractivity contribution in [2.75, 3.05) is 13.1 Å². The van der Waals surface area contributed by atoms with Crippen LogP contribution in [0, 0.1) is 6.92 Å². The van der Waals surface area contributed by atoms with Gasteiger partial charge in [0.05, 0.1) is 27.6 Å². The molecule has 42 heavy (non-hydrogen) atoms. The van der Waals surface area contributed by atoms with Crippen molar-refractivity contribution in [2.24, 2.45) is 0 Å². The van der Waals surface area contributed by atoms with Crippen LogP contribution in [0.15, 0.2) is 88.8 Å². The van der Waals surface area contributed by atoms with E-state index in [9.17, 15) is 18.3 Å². The summed E-state index contributed by atoms with van der Waals surface area (Å²) in [6, 6.07) is 24.0. The third-order valence-electron chi connectivity index (χ3n) is 7.63. The number of sulfonamides is 1. The molecule has 214 valence electrons. The first-order valence-electron chi connectivity index (χ1n) is 13.7. The Morgan fingerprint density at radius 2 is 1.69 bits per heavy atom. The molecular formula is C32H29N3O5S2. The van der Waals surface area contributed by atoms with Gasteiger partial charge < -0.3 is 9.63 Å². The van der Waals surface area contributed by atoms with Crippen molar-refractivity contribution in [3.8, 4) is 33.6 Å². The van der Waals surface area contributed by atoms with Crippen molar-refractivity contribution in [1.29, 1.82) is 0 Å². The molecular weight excluding hydrogens is 571 g/mol. The summed E-state index contributed by atoms with van der Waals surface area (Å²) in [6.45, 7) is 2.83.